The van der Waals surface area contributed by atoms with Crippen molar-refractivity contribution in [1.82, 2.24) is 9.88 Å². The van der Waals surface area contributed by atoms with Gasteiger partial charge in [-0.1, -0.05) is 24.1 Å². The van der Waals surface area contributed by atoms with E-state index in [1.807, 2.05) is 24.3 Å². The molecule has 1 N–H and O–H groups in total. The number of fused-ring (bicyclic) bond motifs is 1. The van der Waals surface area contributed by atoms with Gasteiger partial charge in [0.05, 0.1) is 12.1 Å². The van der Waals surface area contributed by atoms with Gasteiger partial charge < -0.3 is 9.88 Å². The van der Waals surface area contributed by atoms with E-state index in [2.05, 4.69) is 10.9 Å². The van der Waals surface area contributed by atoms with Crippen LogP contribution in [-0.4, -0.2) is 29.4 Å². The molecule has 0 atom stereocenters. The zero-order valence-electron chi connectivity index (χ0n) is 9.03. The highest BCUT2D eigenvalue weighted by Gasteiger charge is 2.14. The Kier molecular flexibility index (Phi) is 2.65. The first-order chi connectivity index (χ1) is 7.74. The number of benzene rings is 1. The SMILES string of the molecule is C#CCN(C)C(=O)c1c[nH]c2ccccc12. The van der Waals surface area contributed by atoms with Gasteiger partial charge >= 0.3 is 0 Å². The first-order valence-electron chi connectivity index (χ1n) is 4.99. The standard InChI is InChI=1S/C13H12N2O/c1-3-8-15(2)13(16)11-9-14-12-7-5-4-6-10(11)12/h1,4-7,9,14H,8H2,2H3. The van der Waals surface area contributed by atoms with E-state index in [9.17, 15) is 4.79 Å². The molecule has 1 aromatic carbocycles. The second-order valence-electron chi connectivity index (χ2n) is 3.61. The minimum Gasteiger partial charge on any atom is -0.360 e. The number of H-pyrrole nitrogens is 1. The topological polar surface area (TPSA) is 36.1 Å². The summed E-state index contributed by atoms with van der Waals surface area (Å²) in [5, 5.41) is 0.927. The highest BCUT2D eigenvalue weighted by atomic mass is 16.2. The molecule has 80 valence electrons. The summed E-state index contributed by atoms with van der Waals surface area (Å²) in [5.41, 5.74) is 1.62. The van der Waals surface area contributed by atoms with Crippen molar-refractivity contribution in [3.8, 4) is 12.3 Å². The first kappa shape index (κ1) is 10.3. The maximum absolute atomic E-state index is 12.0. The summed E-state index contributed by atoms with van der Waals surface area (Å²) in [5.74, 6) is 2.39. The Morgan fingerprint density at radius 2 is 2.25 bits per heavy atom. The molecule has 3 heteroatoms. The number of hydrogen-bond acceptors (Lipinski definition) is 1. The van der Waals surface area contributed by atoms with Crippen molar-refractivity contribution < 1.29 is 4.79 Å². The fraction of sp³-hybridized carbons (Fsp3) is 0.154. The lowest BCUT2D eigenvalue weighted by molar-refractivity contribution is 0.0814. The van der Waals surface area contributed by atoms with Gasteiger partial charge in [-0.05, 0) is 6.07 Å². The third-order valence-electron chi connectivity index (χ3n) is 2.49. The molecule has 0 saturated carbocycles. The number of amides is 1. The van der Waals surface area contributed by atoms with Crippen LogP contribution < -0.4 is 0 Å². The van der Waals surface area contributed by atoms with E-state index in [1.165, 1.54) is 4.90 Å². The van der Waals surface area contributed by atoms with Crippen LogP contribution >= 0.6 is 0 Å². The van der Waals surface area contributed by atoms with E-state index in [1.54, 1.807) is 13.2 Å². The normalized spacial score (nSPS) is 10.0. The van der Waals surface area contributed by atoms with Crippen LogP contribution in [0.2, 0.25) is 0 Å². The second kappa shape index (κ2) is 4.11. The predicted molar refractivity (Wildman–Crippen MR) is 64.1 cm³/mol. The van der Waals surface area contributed by atoms with Gasteiger partial charge in [-0.3, -0.25) is 4.79 Å². The summed E-state index contributed by atoms with van der Waals surface area (Å²) >= 11 is 0. The van der Waals surface area contributed by atoms with E-state index < -0.39 is 0 Å². The summed E-state index contributed by atoms with van der Waals surface area (Å²) in [6.45, 7) is 0.318. The van der Waals surface area contributed by atoms with Gasteiger partial charge in [-0.2, -0.15) is 0 Å². The molecule has 1 heterocycles. The predicted octanol–water partition coefficient (Wildman–Crippen LogP) is 1.87. The van der Waals surface area contributed by atoms with Gasteiger partial charge in [0.15, 0.2) is 0 Å². The van der Waals surface area contributed by atoms with Crippen LogP contribution in [0.1, 0.15) is 10.4 Å². The zero-order valence-corrected chi connectivity index (χ0v) is 9.03. The van der Waals surface area contributed by atoms with Crippen molar-refractivity contribution in [1.29, 1.82) is 0 Å². The van der Waals surface area contributed by atoms with E-state index in [0.29, 0.717) is 12.1 Å². The number of terminal acetylenes is 1. The fourth-order valence-corrected chi connectivity index (χ4v) is 1.66. The van der Waals surface area contributed by atoms with Crippen LogP contribution in [0, 0.1) is 12.3 Å². The Morgan fingerprint density at radius 3 is 3.00 bits per heavy atom. The van der Waals surface area contributed by atoms with Crippen molar-refractivity contribution in [3.05, 3.63) is 36.0 Å². The summed E-state index contributed by atoms with van der Waals surface area (Å²) in [4.78, 5) is 16.6. The maximum Gasteiger partial charge on any atom is 0.256 e. The molecule has 0 aliphatic carbocycles. The third-order valence-corrected chi connectivity index (χ3v) is 2.49. The Bertz CT molecular complexity index is 563. The third kappa shape index (κ3) is 1.66. The maximum atomic E-state index is 12.0. The van der Waals surface area contributed by atoms with Crippen molar-refractivity contribution >= 4 is 16.8 Å². The number of para-hydroxylation sites is 1. The molecule has 0 unspecified atom stereocenters. The van der Waals surface area contributed by atoms with Crippen molar-refractivity contribution in [2.75, 3.05) is 13.6 Å². The molecule has 0 saturated heterocycles. The molecule has 0 aliphatic heterocycles. The van der Waals surface area contributed by atoms with Crippen LogP contribution in [-0.2, 0) is 0 Å². The smallest absolute Gasteiger partial charge is 0.256 e. The molecular weight excluding hydrogens is 200 g/mol. The number of nitrogens with one attached hydrogen (secondary N) is 1. The molecule has 0 radical (unpaired) electrons. The molecule has 16 heavy (non-hydrogen) atoms. The lowest BCUT2D eigenvalue weighted by Gasteiger charge is -2.12. The molecular formula is C13H12N2O. The lowest BCUT2D eigenvalue weighted by Crippen LogP contribution is -2.26. The van der Waals surface area contributed by atoms with Gasteiger partial charge in [0.1, 0.15) is 0 Å². The number of carbonyl (C=O) groups excluding carboxylic acids is 1. The van der Waals surface area contributed by atoms with E-state index in [-0.39, 0.29) is 5.91 Å². The molecule has 2 rings (SSSR count). The summed E-state index contributed by atoms with van der Waals surface area (Å²) in [7, 11) is 1.70. The van der Waals surface area contributed by atoms with E-state index >= 15 is 0 Å². The van der Waals surface area contributed by atoms with Crippen molar-refractivity contribution in [2.45, 2.75) is 0 Å². The largest absolute Gasteiger partial charge is 0.360 e. The molecule has 0 bridgehead atoms. The van der Waals surface area contributed by atoms with Crippen molar-refractivity contribution in [3.63, 3.8) is 0 Å². The average molecular weight is 212 g/mol. The molecule has 0 aliphatic rings. The molecule has 0 spiro atoms. The van der Waals surface area contributed by atoms with Crippen LogP contribution in [0.3, 0.4) is 0 Å². The van der Waals surface area contributed by atoms with Crippen LogP contribution in [0.4, 0.5) is 0 Å². The Labute approximate surface area is 94.1 Å². The molecule has 0 fully saturated rings. The zero-order chi connectivity index (χ0) is 11.5. The number of rotatable bonds is 2. The molecule has 3 nitrogen and oxygen atoms in total. The quantitative estimate of drug-likeness (QED) is 0.758. The highest BCUT2D eigenvalue weighted by molar-refractivity contribution is 6.06. The number of aromatic amines is 1. The fourth-order valence-electron chi connectivity index (χ4n) is 1.66. The highest BCUT2D eigenvalue weighted by Crippen LogP contribution is 2.18. The van der Waals surface area contributed by atoms with E-state index in [0.717, 1.165) is 10.9 Å². The Hall–Kier alpha value is -2.21. The summed E-state index contributed by atoms with van der Waals surface area (Å²) in [6.07, 6.45) is 6.90. The van der Waals surface area contributed by atoms with Crippen LogP contribution in [0.25, 0.3) is 10.9 Å². The minimum absolute atomic E-state index is 0.0598. The summed E-state index contributed by atoms with van der Waals surface area (Å²) in [6, 6.07) is 7.70. The van der Waals surface area contributed by atoms with Crippen LogP contribution in [0.5, 0.6) is 0 Å². The summed E-state index contributed by atoms with van der Waals surface area (Å²) < 4.78 is 0. The van der Waals surface area contributed by atoms with Gasteiger partial charge in [0.2, 0.25) is 0 Å². The number of carbonyl (C=O) groups is 1. The number of hydrogen-bond donors (Lipinski definition) is 1. The minimum atomic E-state index is -0.0598. The number of nitrogens with zero attached hydrogens (tertiary/aromatic N) is 1. The average Bonchev–Trinajstić information content (AvgIpc) is 2.72. The molecule has 2 aromatic rings. The van der Waals surface area contributed by atoms with E-state index in [4.69, 9.17) is 6.42 Å². The second-order valence-corrected chi connectivity index (χ2v) is 3.61. The Balaban J connectivity index is 2.41. The van der Waals surface area contributed by atoms with Crippen molar-refractivity contribution in [2.24, 2.45) is 0 Å². The van der Waals surface area contributed by atoms with Gasteiger partial charge in [-0.25, -0.2) is 0 Å². The van der Waals surface area contributed by atoms with Crippen LogP contribution in [0.15, 0.2) is 30.5 Å². The molecule has 1 aromatic heterocycles. The number of aromatic nitrogens is 1. The van der Waals surface area contributed by atoms with Gasteiger partial charge in [0.25, 0.3) is 5.91 Å². The Morgan fingerprint density at radius 1 is 1.50 bits per heavy atom. The van der Waals surface area contributed by atoms with Gasteiger partial charge in [0, 0.05) is 24.1 Å². The first-order valence-corrected chi connectivity index (χ1v) is 4.99. The monoisotopic (exact) mass is 212 g/mol. The van der Waals surface area contributed by atoms with Gasteiger partial charge in [-0.15, -0.1) is 6.42 Å². The molecule has 1 amide bonds. The lowest BCUT2D eigenvalue weighted by atomic mass is 10.1.